The van der Waals surface area contributed by atoms with Crippen LogP contribution in [0.3, 0.4) is 0 Å². The van der Waals surface area contributed by atoms with Crippen LogP contribution in [0.15, 0.2) is 29.1 Å². The van der Waals surface area contributed by atoms with E-state index in [1.165, 1.54) is 13.5 Å². The maximum Gasteiger partial charge on any atom is 0.359 e. The summed E-state index contributed by atoms with van der Waals surface area (Å²) in [6.07, 6.45) is 5.32. The Labute approximate surface area is 145 Å². The molecule has 7 nitrogen and oxygen atoms in total. The summed E-state index contributed by atoms with van der Waals surface area (Å²) < 4.78 is 5.78. The smallest absolute Gasteiger partial charge is 0.359 e. The van der Waals surface area contributed by atoms with E-state index in [1.807, 2.05) is 0 Å². The summed E-state index contributed by atoms with van der Waals surface area (Å²) in [6.45, 7) is -0.218. The lowest BCUT2D eigenvalue weighted by atomic mass is 9.95. The number of hydrogen-bond acceptors (Lipinski definition) is 5. The quantitative estimate of drug-likeness (QED) is 0.852. The first-order valence-corrected chi connectivity index (χ1v) is 8.47. The van der Waals surface area contributed by atoms with E-state index in [9.17, 15) is 14.4 Å². The van der Waals surface area contributed by atoms with Crippen LogP contribution in [-0.4, -0.2) is 34.8 Å². The van der Waals surface area contributed by atoms with E-state index in [2.05, 4.69) is 10.4 Å². The molecule has 1 saturated carbocycles. The Hall–Kier alpha value is -2.70. The highest BCUT2D eigenvalue weighted by Gasteiger charge is 2.20. The molecule has 0 aliphatic heterocycles. The summed E-state index contributed by atoms with van der Waals surface area (Å²) in [6, 6.07) is 6.83. The minimum Gasteiger partial charge on any atom is -0.464 e. The molecule has 1 N–H and O–H groups in total. The maximum atomic E-state index is 12.6. The zero-order valence-corrected chi connectivity index (χ0v) is 14.2. The van der Waals surface area contributed by atoms with Gasteiger partial charge < -0.3 is 10.1 Å². The summed E-state index contributed by atoms with van der Waals surface area (Å²) in [7, 11) is 1.25. The Balaban J connectivity index is 1.90. The van der Waals surface area contributed by atoms with Gasteiger partial charge in [-0.05, 0) is 18.9 Å². The van der Waals surface area contributed by atoms with Crippen molar-refractivity contribution >= 4 is 22.6 Å². The van der Waals surface area contributed by atoms with Crippen LogP contribution >= 0.6 is 0 Å². The Bertz CT molecular complexity index is 853. The van der Waals surface area contributed by atoms with Crippen LogP contribution in [-0.2, 0) is 16.1 Å². The van der Waals surface area contributed by atoms with Crippen LogP contribution in [0.2, 0.25) is 0 Å². The Morgan fingerprint density at radius 3 is 2.56 bits per heavy atom. The van der Waals surface area contributed by atoms with Gasteiger partial charge in [0, 0.05) is 11.4 Å². The first-order valence-electron chi connectivity index (χ1n) is 8.47. The second-order valence-corrected chi connectivity index (χ2v) is 6.25. The largest absolute Gasteiger partial charge is 0.464 e. The van der Waals surface area contributed by atoms with Gasteiger partial charge in [-0.2, -0.15) is 5.10 Å². The summed E-state index contributed by atoms with van der Waals surface area (Å²) in [4.78, 5) is 36.9. The Morgan fingerprint density at radius 2 is 1.88 bits per heavy atom. The molecule has 1 heterocycles. The highest BCUT2D eigenvalue weighted by molar-refractivity contribution is 6.02. The molecule has 1 amide bonds. The van der Waals surface area contributed by atoms with Gasteiger partial charge in [0.05, 0.1) is 12.5 Å². The fourth-order valence-corrected chi connectivity index (χ4v) is 3.25. The van der Waals surface area contributed by atoms with Gasteiger partial charge in [-0.1, -0.05) is 37.5 Å². The average Bonchev–Trinajstić information content (AvgIpc) is 2.64. The molecule has 0 unspecified atom stereocenters. The van der Waals surface area contributed by atoms with Crippen molar-refractivity contribution in [3.05, 3.63) is 40.3 Å². The molecule has 2 aromatic rings. The number of aromatic nitrogens is 2. The molecule has 1 aliphatic rings. The molecule has 1 fully saturated rings. The van der Waals surface area contributed by atoms with Crippen molar-refractivity contribution in [1.29, 1.82) is 0 Å². The van der Waals surface area contributed by atoms with Gasteiger partial charge in [-0.15, -0.1) is 0 Å². The highest BCUT2D eigenvalue weighted by Crippen LogP contribution is 2.17. The molecule has 3 rings (SSSR count). The Kier molecular flexibility index (Phi) is 5.11. The number of nitrogens with zero attached hydrogens (tertiary/aromatic N) is 2. The number of rotatable bonds is 4. The van der Waals surface area contributed by atoms with E-state index in [1.54, 1.807) is 24.3 Å². The molecule has 0 saturated heterocycles. The normalized spacial score (nSPS) is 15.1. The number of ether oxygens (including phenoxy) is 1. The number of carbonyl (C=O) groups excluding carboxylic acids is 2. The third kappa shape index (κ3) is 3.70. The number of esters is 1. The lowest BCUT2D eigenvalue weighted by molar-refractivity contribution is -0.122. The summed E-state index contributed by atoms with van der Waals surface area (Å²) in [5.41, 5.74) is -0.370. The van der Waals surface area contributed by atoms with Crippen LogP contribution in [0.4, 0.5) is 0 Å². The number of hydrogen-bond donors (Lipinski definition) is 1. The van der Waals surface area contributed by atoms with Crippen molar-refractivity contribution in [2.75, 3.05) is 7.11 Å². The van der Waals surface area contributed by atoms with Gasteiger partial charge in [0.1, 0.15) is 6.54 Å². The fourth-order valence-electron chi connectivity index (χ4n) is 3.25. The van der Waals surface area contributed by atoms with E-state index in [4.69, 9.17) is 4.74 Å². The molecular weight excluding hydrogens is 322 g/mol. The summed E-state index contributed by atoms with van der Waals surface area (Å²) in [5, 5.41) is 7.78. The number of carbonyl (C=O) groups is 2. The predicted molar refractivity (Wildman–Crippen MR) is 92.4 cm³/mol. The third-order valence-electron chi connectivity index (χ3n) is 4.51. The van der Waals surface area contributed by atoms with E-state index in [0.717, 1.165) is 30.4 Å². The van der Waals surface area contributed by atoms with Gasteiger partial charge >= 0.3 is 5.97 Å². The molecule has 7 heteroatoms. The van der Waals surface area contributed by atoms with Crippen LogP contribution < -0.4 is 10.9 Å². The van der Waals surface area contributed by atoms with Gasteiger partial charge in [0.15, 0.2) is 5.69 Å². The van der Waals surface area contributed by atoms with Crippen molar-refractivity contribution in [3.63, 3.8) is 0 Å². The molecule has 1 aromatic heterocycles. The topological polar surface area (TPSA) is 90.3 Å². The van der Waals surface area contributed by atoms with E-state index in [-0.39, 0.29) is 24.2 Å². The van der Waals surface area contributed by atoms with E-state index in [0.29, 0.717) is 10.8 Å². The average molecular weight is 343 g/mol. The lowest BCUT2D eigenvalue weighted by Crippen LogP contribution is -2.40. The standard InChI is InChI=1S/C18H21N3O4/c1-25-18(24)16-13-9-5-6-10-14(13)17(23)21(20-16)11-15(22)19-12-7-3-2-4-8-12/h5-6,9-10,12H,2-4,7-8,11H2,1H3,(H,19,22). The van der Waals surface area contributed by atoms with Crippen LogP contribution in [0.5, 0.6) is 0 Å². The maximum absolute atomic E-state index is 12.6. The molecule has 0 atom stereocenters. The summed E-state index contributed by atoms with van der Waals surface area (Å²) >= 11 is 0. The van der Waals surface area contributed by atoms with Crippen LogP contribution in [0, 0.1) is 0 Å². The van der Waals surface area contributed by atoms with E-state index >= 15 is 0 Å². The first-order chi connectivity index (χ1) is 12.1. The summed E-state index contributed by atoms with van der Waals surface area (Å²) in [5.74, 6) is -0.912. The van der Waals surface area contributed by atoms with Crippen molar-refractivity contribution in [1.82, 2.24) is 15.1 Å². The number of fused-ring (bicyclic) bond motifs is 1. The highest BCUT2D eigenvalue weighted by atomic mass is 16.5. The van der Waals surface area contributed by atoms with Crippen molar-refractivity contribution < 1.29 is 14.3 Å². The number of methoxy groups -OCH3 is 1. The van der Waals surface area contributed by atoms with E-state index < -0.39 is 11.5 Å². The van der Waals surface area contributed by atoms with Crippen molar-refractivity contribution in [3.8, 4) is 0 Å². The number of benzene rings is 1. The minimum absolute atomic E-state index is 0.0307. The lowest BCUT2D eigenvalue weighted by Gasteiger charge is -2.22. The molecule has 1 aromatic carbocycles. The van der Waals surface area contributed by atoms with Gasteiger partial charge in [0.2, 0.25) is 5.91 Å². The molecule has 25 heavy (non-hydrogen) atoms. The second kappa shape index (κ2) is 7.46. The third-order valence-corrected chi connectivity index (χ3v) is 4.51. The fraction of sp³-hybridized carbons (Fsp3) is 0.444. The molecule has 1 aliphatic carbocycles. The molecule has 132 valence electrons. The van der Waals surface area contributed by atoms with Gasteiger partial charge in [0.25, 0.3) is 5.56 Å². The zero-order chi connectivity index (χ0) is 17.8. The zero-order valence-electron chi connectivity index (χ0n) is 14.2. The number of nitrogens with one attached hydrogen (secondary N) is 1. The van der Waals surface area contributed by atoms with Crippen LogP contribution in [0.1, 0.15) is 42.6 Å². The molecular formula is C18H21N3O4. The van der Waals surface area contributed by atoms with Crippen LogP contribution in [0.25, 0.3) is 10.8 Å². The number of amides is 1. The van der Waals surface area contributed by atoms with Gasteiger partial charge in [-0.25, -0.2) is 9.48 Å². The monoisotopic (exact) mass is 343 g/mol. The Morgan fingerprint density at radius 1 is 1.20 bits per heavy atom. The first kappa shape index (κ1) is 17.1. The van der Waals surface area contributed by atoms with Crippen molar-refractivity contribution in [2.24, 2.45) is 0 Å². The molecule has 0 bridgehead atoms. The molecule has 0 spiro atoms. The molecule has 0 radical (unpaired) electrons. The van der Waals surface area contributed by atoms with Crippen molar-refractivity contribution in [2.45, 2.75) is 44.7 Å². The second-order valence-electron chi connectivity index (χ2n) is 6.25. The van der Waals surface area contributed by atoms with Gasteiger partial charge in [-0.3, -0.25) is 9.59 Å². The minimum atomic E-state index is -0.641. The SMILES string of the molecule is COC(=O)c1nn(CC(=O)NC2CCCCC2)c(=O)c2ccccc12. The predicted octanol–water partition coefficient (Wildman–Crippen LogP) is 1.63.